The summed E-state index contributed by atoms with van der Waals surface area (Å²) >= 11 is 0. The van der Waals surface area contributed by atoms with Crippen molar-refractivity contribution in [2.45, 2.75) is 58.5 Å². The maximum absolute atomic E-state index is 8.83. The predicted octanol–water partition coefficient (Wildman–Crippen LogP) is 2.17. The normalized spacial score (nSPS) is 35.6. The van der Waals surface area contributed by atoms with Crippen LogP contribution in [-0.2, 0) is 0 Å². The van der Waals surface area contributed by atoms with E-state index in [0.29, 0.717) is 18.7 Å². The van der Waals surface area contributed by atoms with Crippen molar-refractivity contribution in [2.75, 3.05) is 6.61 Å². The highest BCUT2D eigenvalue weighted by Crippen LogP contribution is 2.28. The zero-order valence-electron chi connectivity index (χ0n) is 9.79. The number of nitrogens with one attached hydrogen (secondary N) is 1. The maximum atomic E-state index is 8.83. The number of aliphatic hydroxyl groups is 1. The highest BCUT2D eigenvalue weighted by molar-refractivity contribution is 4.82. The van der Waals surface area contributed by atoms with E-state index in [1.165, 1.54) is 19.3 Å². The van der Waals surface area contributed by atoms with Crippen LogP contribution in [-0.4, -0.2) is 23.8 Å². The average molecular weight is 199 g/mol. The second-order valence-electron chi connectivity index (χ2n) is 5.08. The van der Waals surface area contributed by atoms with Crippen molar-refractivity contribution < 1.29 is 5.11 Å². The fourth-order valence-corrected chi connectivity index (χ4v) is 2.56. The van der Waals surface area contributed by atoms with Gasteiger partial charge in [0.1, 0.15) is 0 Å². The molecule has 1 aliphatic carbocycles. The van der Waals surface area contributed by atoms with Gasteiger partial charge in [0.15, 0.2) is 0 Å². The molecule has 84 valence electrons. The molecule has 1 rings (SSSR count). The molecule has 1 fully saturated rings. The van der Waals surface area contributed by atoms with Crippen LogP contribution < -0.4 is 5.32 Å². The summed E-state index contributed by atoms with van der Waals surface area (Å²) in [6.07, 6.45) is 4.88. The Kier molecular flexibility index (Phi) is 4.90. The minimum Gasteiger partial charge on any atom is -0.396 e. The van der Waals surface area contributed by atoms with E-state index in [1.54, 1.807) is 0 Å². The van der Waals surface area contributed by atoms with E-state index in [1.807, 2.05) is 0 Å². The quantitative estimate of drug-likeness (QED) is 0.727. The van der Waals surface area contributed by atoms with Gasteiger partial charge in [0.25, 0.3) is 0 Å². The molecule has 0 bridgehead atoms. The van der Waals surface area contributed by atoms with Crippen molar-refractivity contribution in [1.29, 1.82) is 0 Å². The van der Waals surface area contributed by atoms with Gasteiger partial charge >= 0.3 is 0 Å². The van der Waals surface area contributed by atoms with Crippen LogP contribution in [0.25, 0.3) is 0 Å². The van der Waals surface area contributed by atoms with Crippen molar-refractivity contribution >= 4 is 0 Å². The molecule has 0 radical (unpaired) electrons. The van der Waals surface area contributed by atoms with Crippen LogP contribution in [0, 0.1) is 11.8 Å². The summed E-state index contributed by atoms with van der Waals surface area (Å²) in [5.41, 5.74) is 0. The molecule has 0 aliphatic heterocycles. The summed E-state index contributed by atoms with van der Waals surface area (Å²) in [5.74, 6) is 1.69. The molecule has 0 aromatic heterocycles. The summed E-state index contributed by atoms with van der Waals surface area (Å²) in [7, 11) is 0. The molecule has 4 atom stereocenters. The number of hydrogen-bond donors (Lipinski definition) is 2. The van der Waals surface area contributed by atoms with Crippen LogP contribution in [0.2, 0.25) is 0 Å². The molecule has 2 heteroatoms. The molecule has 2 nitrogen and oxygen atoms in total. The van der Waals surface area contributed by atoms with E-state index in [0.717, 1.165) is 18.3 Å². The van der Waals surface area contributed by atoms with Crippen LogP contribution in [0.15, 0.2) is 0 Å². The fraction of sp³-hybridized carbons (Fsp3) is 1.00. The first-order chi connectivity index (χ1) is 6.63. The molecule has 2 N–H and O–H groups in total. The van der Waals surface area contributed by atoms with E-state index < -0.39 is 0 Å². The van der Waals surface area contributed by atoms with Gasteiger partial charge in [0.05, 0.1) is 0 Å². The van der Waals surface area contributed by atoms with Crippen molar-refractivity contribution in [2.24, 2.45) is 11.8 Å². The molecule has 1 aliphatic rings. The fourth-order valence-electron chi connectivity index (χ4n) is 2.56. The molecule has 0 aromatic rings. The highest BCUT2D eigenvalue weighted by atomic mass is 16.3. The first-order valence-electron chi connectivity index (χ1n) is 6.00. The zero-order chi connectivity index (χ0) is 10.6. The van der Waals surface area contributed by atoms with E-state index in [2.05, 4.69) is 26.1 Å². The highest BCUT2D eigenvalue weighted by Gasteiger charge is 2.25. The molecule has 0 spiro atoms. The second-order valence-corrected chi connectivity index (χ2v) is 5.08. The first-order valence-corrected chi connectivity index (χ1v) is 6.00. The molecule has 14 heavy (non-hydrogen) atoms. The Morgan fingerprint density at radius 2 is 2.07 bits per heavy atom. The van der Waals surface area contributed by atoms with Gasteiger partial charge in [-0.1, -0.05) is 13.8 Å². The van der Waals surface area contributed by atoms with E-state index in [9.17, 15) is 0 Å². The lowest BCUT2D eigenvalue weighted by Gasteiger charge is -2.35. The van der Waals surface area contributed by atoms with Gasteiger partial charge in [-0.05, 0) is 44.4 Å². The molecular formula is C12H25NO. The maximum Gasteiger partial charge on any atom is 0.0445 e. The summed E-state index contributed by atoms with van der Waals surface area (Å²) < 4.78 is 0. The van der Waals surface area contributed by atoms with Crippen molar-refractivity contribution in [3.63, 3.8) is 0 Å². The number of rotatable bonds is 4. The van der Waals surface area contributed by atoms with Crippen molar-refractivity contribution in [3.8, 4) is 0 Å². The molecule has 0 heterocycles. The van der Waals surface area contributed by atoms with Crippen LogP contribution in [0.1, 0.15) is 46.5 Å². The number of aliphatic hydroxyl groups excluding tert-OH is 1. The Balaban J connectivity index is 2.29. The van der Waals surface area contributed by atoms with E-state index in [-0.39, 0.29) is 0 Å². The largest absolute Gasteiger partial charge is 0.396 e. The topological polar surface area (TPSA) is 32.3 Å². The van der Waals surface area contributed by atoms with Crippen molar-refractivity contribution in [1.82, 2.24) is 5.32 Å². The van der Waals surface area contributed by atoms with Gasteiger partial charge in [-0.15, -0.1) is 0 Å². The Morgan fingerprint density at radius 1 is 1.36 bits per heavy atom. The second kappa shape index (κ2) is 5.72. The van der Waals surface area contributed by atoms with Crippen LogP contribution in [0.4, 0.5) is 0 Å². The first kappa shape index (κ1) is 12.0. The van der Waals surface area contributed by atoms with Crippen LogP contribution in [0.5, 0.6) is 0 Å². The molecule has 0 aromatic carbocycles. The van der Waals surface area contributed by atoms with E-state index in [4.69, 9.17) is 5.11 Å². The smallest absolute Gasteiger partial charge is 0.0445 e. The third kappa shape index (κ3) is 3.58. The SMILES string of the molecule is CC1CCC(NC(C)CCO)C(C)C1. The molecular weight excluding hydrogens is 174 g/mol. The monoisotopic (exact) mass is 199 g/mol. The van der Waals surface area contributed by atoms with Crippen LogP contribution >= 0.6 is 0 Å². The van der Waals surface area contributed by atoms with Gasteiger partial charge in [-0.25, -0.2) is 0 Å². The predicted molar refractivity (Wildman–Crippen MR) is 60.3 cm³/mol. The third-order valence-electron chi connectivity index (χ3n) is 3.49. The summed E-state index contributed by atoms with van der Waals surface area (Å²) in [6, 6.07) is 1.13. The lowest BCUT2D eigenvalue weighted by atomic mass is 9.79. The number of hydrogen-bond acceptors (Lipinski definition) is 2. The lowest BCUT2D eigenvalue weighted by Crippen LogP contribution is -2.43. The Bertz CT molecular complexity index is 160. The third-order valence-corrected chi connectivity index (χ3v) is 3.49. The molecule has 0 saturated heterocycles. The summed E-state index contributed by atoms with van der Waals surface area (Å²) in [6.45, 7) is 7.16. The van der Waals surface area contributed by atoms with Gasteiger partial charge in [-0.3, -0.25) is 0 Å². The molecule has 4 unspecified atom stereocenters. The lowest BCUT2D eigenvalue weighted by molar-refractivity contribution is 0.200. The van der Waals surface area contributed by atoms with Crippen molar-refractivity contribution in [3.05, 3.63) is 0 Å². The van der Waals surface area contributed by atoms with Gasteiger partial charge in [-0.2, -0.15) is 0 Å². The molecule has 0 amide bonds. The Hall–Kier alpha value is -0.0800. The van der Waals surface area contributed by atoms with Crippen LogP contribution in [0.3, 0.4) is 0 Å². The minimum atomic E-state index is 0.297. The average Bonchev–Trinajstić information content (AvgIpc) is 2.10. The standard InChI is InChI=1S/C12H25NO/c1-9-4-5-12(10(2)8-9)13-11(3)6-7-14/h9-14H,4-8H2,1-3H3. The van der Waals surface area contributed by atoms with Gasteiger partial charge in [0.2, 0.25) is 0 Å². The summed E-state index contributed by atoms with van der Waals surface area (Å²) in [5, 5.41) is 12.5. The Morgan fingerprint density at radius 3 is 2.64 bits per heavy atom. The van der Waals surface area contributed by atoms with Gasteiger partial charge < -0.3 is 10.4 Å². The Labute approximate surface area is 88.1 Å². The minimum absolute atomic E-state index is 0.297. The summed E-state index contributed by atoms with van der Waals surface area (Å²) in [4.78, 5) is 0. The van der Waals surface area contributed by atoms with Gasteiger partial charge in [0, 0.05) is 18.7 Å². The zero-order valence-corrected chi connectivity index (χ0v) is 9.79. The molecule has 1 saturated carbocycles. The van der Waals surface area contributed by atoms with E-state index >= 15 is 0 Å².